The normalized spacial score (nSPS) is 20.0. The van der Waals surface area contributed by atoms with Crippen molar-refractivity contribution in [2.24, 2.45) is 5.92 Å². The Balaban J connectivity index is 1.84. The van der Waals surface area contributed by atoms with E-state index in [1.807, 2.05) is 6.07 Å². The van der Waals surface area contributed by atoms with E-state index in [4.69, 9.17) is 16.0 Å². The fourth-order valence-electron chi connectivity index (χ4n) is 2.72. The van der Waals surface area contributed by atoms with Crippen molar-refractivity contribution in [3.05, 3.63) is 57.0 Å². The molecule has 1 fully saturated rings. The summed E-state index contributed by atoms with van der Waals surface area (Å²) in [4.78, 5) is 10.0. The van der Waals surface area contributed by atoms with Crippen molar-refractivity contribution in [2.45, 2.75) is 30.7 Å². The van der Waals surface area contributed by atoms with Crippen LogP contribution in [-0.2, 0) is 16.6 Å². The number of nitro groups is 1. The lowest BCUT2D eigenvalue weighted by Gasteiger charge is -2.16. The number of furan rings is 1. The Morgan fingerprint density at radius 1 is 1.36 bits per heavy atom. The van der Waals surface area contributed by atoms with Gasteiger partial charge in [-0.1, -0.05) is 18.5 Å². The highest BCUT2D eigenvalue weighted by Gasteiger charge is 2.37. The smallest absolute Gasteiger partial charge is 0.290 e. The minimum absolute atomic E-state index is 0.0107. The molecule has 25 heavy (non-hydrogen) atoms. The van der Waals surface area contributed by atoms with Crippen LogP contribution in [0.2, 0.25) is 5.02 Å². The van der Waals surface area contributed by atoms with Gasteiger partial charge in [-0.3, -0.25) is 10.1 Å². The quantitative estimate of drug-likeness (QED) is 0.558. The number of benzene rings is 1. The van der Waals surface area contributed by atoms with Crippen LogP contribution >= 0.6 is 11.6 Å². The maximum absolute atomic E-state index is 12.7. The highest BCUT2D eigenvalue weighted by atomic mass is 35.5. The summed E-state index contributed by atoms with van der Waals surface area (Å²) < 4.78 is 32.2. The Bertz CT molecular complexity index is 924. The van der Waals surface area contributed by atoms with Gasteiger partial charge in [-0.05, 0) is 36.6 Å². The monoisotopic (exact) mass is 384 g/mol. The van der Waals surface area contributed by atoms with Gasteiger partial charge < -0.3 is 4.42 Å². The Hall–Kier alpha value is -1.90. The predicted octanol–water partition coefficient (Wildman–Crippen LogP) is 3.79. The molecular formula is C16H17ClN2O5S. The first-order valence-corrected chi connectivity index (χ1v) is 9.51. The summed E-state index contributed by atoms with van der Waals surface area (Å²) in [7, 11) is -2.71. The molecule has 0 aliphatic heterocycles. The number of nitrogens with zero attached hydrogens (tertiary/aromatic N) is 2. The van der Waals surface area contributed by atoms with Crippen molar-refractivity contribution in [1.29, 1.82) is 0 Å². The van der Waals surface area contributed by atoms with Crippen molar-refractivity contribution >= 4 is 27.3 Å². The average Bonchev–Trinajstić information content (AvgIpc) is 3.09. The number of rotatable bonds is 6. The Labute approximate surface area is 150 Å². The highest BCUT2D eigenvalue weighted by Crippen LogP contribution is 2.47. The van der Waals surface area contributed by atoms with Crippen LogP contribution in [0.3, 0.4) is 0 Å². The molecule has 7 nitrogen and oxygen atoms in total. The maximum Gasteiger partial charge on any atom is 0.290 e. The fraction of sp³-hybridized carbons (Fsp3) is 0.375. The summed E-state index contributed by atoms with van der Waals surface area (Å²) in [6.45, 7) is 2.12. The Morgan fingerprint density at radius 3 is 2.64 bits per heavy atom. The largest absolute Gasteiger partial charge is 0.464 e. The van der Waals surface area contributed by atoms with E-state index < -0.39 is 25.5 Å². The van der Waals surface area contributed by atoms with E-state index in [9.17, 15) is 18.5 Å². The molecule has 0 spiro atoms. The summed E-state index contributed by atoms with van der Waals surface area (Å²) >= 11 is 5.74. The number of hydrogen-bond donors (Lipinski definition) is 0. The zero-order valence-electron chi connectivity index (χ0n) is 13.7. The van der Waals surface area contributed by atoms with Gasteiger partial charge in [0.15, 0.2) is 4.90 Å². The van der Waals surface area contributed by atoms with Gasteiger partial charge in [-0.2, -0.15) is 4.31 Å². The third-order valence-corrected chi connectivity index (χ3v) is 6.43. The third-order valence-electron chi connectivity index (χ3n) is 4.34. The Kier molecular flexibility index (Phi) is 4.61. The van der Waals surface area contributed by atoms with Gasteiger partial charge in [0.25, 0.3) is 5.69 Å². The van der Waals surface area contributed by atoms with Crippen LogP contribution < -0.4 is 0 Å². The van der Waals surface area contributed by atoms with E-state index >= 15 is 0 Å². The van der Waals surface area contributed by atoms with Gasteiger partial charge in [0.05, 0.1) is 11.5 Å². The average molecular weight is 385 g/mol. The highest BCUT2D eigenvalue weighted by molar-refractivity contribution is 7.89. The molecule has 1 heterocycles. The molecule has 0 radical (unpaired) electrons. The SMILES string of the molecule is C[C@@H]1C[C@@H]1c1ccc(CN(C)S(=O)(=O)c2ccc(Cl)cc2[N+](=O)[O-])o1. The first-order chi connectivity index (χ1) is 11.7. The number of halogens is 1. The second kappa shape index (κ2) is 6.44. The van der Waals surface area contributed by atoms with Gasteiger partial charge in [-0.15, -0.1) is 0 Å². The zero-order valence-corrected chi connectivity index (χ0v) is 15.2. The summed E-state index contributed by atoms with van der Waals surface area (Å²) in [6.07, 6.45) is 1.07. The summed E-state index contributed by atoms with van der Waals surface area (Å²) in [6, 6.07) is 7.08. The molecule has 3 rings (SSSR count). The van der Waals surface area contributed by atoms with Gasteiger partial charge in [-0.25, -0.2) is 8.42 Å². The first kappa shape index (κ1) is 17.9. The molecule has 9 heteroatoms. The van der Waals surface area contributed by atoms with E-state index in [1.54, 1.807) is 6.07 Å². The van der Waals surface area contributed by atoms with Gasteiger partial charge in [0.2, 0.25) is 10.0 Å². The second-order valence-corrected chi connectivity index (χ2v) is 8.70. The molecule has 134 valence electrons. The summed E-state index contributed by atoms with van der Waals surface area (Å²) in [5.74, 6) is 2.33. The number of nitro benzene ring substituents is 1. The summed E-state index contributed by atoms with van der Waals surface area (Å²) in [5.41, 5.74) is -0.550. The van der Waals surface area contributed by atoms with E-state index in [0.717, 1.165) is 28.6 Å². The topological polar surface area (TPSA) is 93.7 Å². The molecule has 1 aliphatic rings. The lowest BCUT2D eigenvalue weighted by molar-refractivity contribution is -0.387. The van der Waals surface area contributed by atoms with Crippen molar-refractivity contribution < 1.29 is 17.8 Å². The molecule has 0 amide bonds. The molecule has 2 aromatic rings. The minimum atomic E-state index is -4.06. The molecule has 2 atom stereocenters. The predicted molar refractivity (Wildman–Crippen MR) is 92.0 cm³/mol. The van der Waals surface area contributed by atoms with Crippen LogP contribution in [0.1, 0.15) is 30.8 Å². The van der Waals surface area contributed by atoms with Crippen molar-refractivity contribution in [3.8, 4) is 0 Å². The van der Waals surface area contributed by atoms with Crippen LogP contribution in [0.15, 0.2) is 39.6 Å². The van der Waals surface area contributed by atoms with Crippen molar-refractivity contribution in [3.63, 3.8) is 0 Å². The Morgan fingerprint density at radius 2 is 2.04 bits per heavy atom. The molecule has 0 unspecified atom stereocenters. The molecule has 1 aromatic heterocycles. The van der Waals surface area contributed by atoms with E-state index in [2.05, 4.69) is 6.92 Å². The molecular weight excluding hydrogens is 368 g/mol. The molecule has 1 aliphatic carbocycles. The number of hydrogen-bond acceptors (Lipinski definition) is 5. The van der Waals surface area contributed by atoms with Gasteiger partial charge >= 0.3 is 0 Å². The van der Waals surface area contributed by atoms with Crippen LogP contribution in [-0.4, -0.2) is 24.7 Å². The molecule has 0 bridgehead atoms. The van der Waals surface area contributed by atoms with Crippen molar-refractivity contribution in [1.82, 2.24) is 4.31 Å². The fourth-order valence-corrected chi connectivity index (χ4v) is 4.16. The van der Waals surface area contributed by atoms with E-state index in [1.165, 1.54) is 13.1 Å². The van der Waals surface area contributed by atoms with E-state index in [0.29, 0.717) is 17.6 Å². The molecule has 0 N–H and O–H groups in total. The first-order valence-electron chi connectivity index (χ1n) is 7.69. The van der Waals surface area contributed by atoms with Gasteiger partial charge in [0.1, 0.15) is 11.5 Å². The maximum atomic E-state index is 12.7. The molecule has 1 saturated carbocycles. The van der Waals surface area contributed by atoms with Crippen LogP contribution in [0, 0.1) is 16.0 Å². The second-order valence-electron chi connectivity index (χ2n) is 6.25. The number of sulfonamides is 1. The molecule has 1 aromatic carbocycles. The van der Waals surface area contributed by atoms with Crippen LogP contribution in [0.5, 0.6) is 0 Å². The lowest BCUT2D eigenvalue weighted by atomic mass is 10.3. The minimum Gasteiger partial charge on any atom is -0.464 e. The molecule has 0 saturated heterocycles. The van der Waals surface area contributed by atoms with Gasteiger partial charge in [0, 0.05) is 24.1 Å². The standard InChI is InChI=1S/C16H17ClN2O5S/c1-10-7-13(10)15-5-4-12(24-15)9-18(2)25(22,23)16-6-3-11(17)8-14(16)19(20)21/h3-6,8,10,13H,7,9H2,1-2H3/t10-,13+/m1/s1. The zero-order chi connectivity index (χ0) is 18.4. The van der Waals surface area contributed by atoms with E-state index in [-0.39, 0.29) is 11.6 Å². The summed E-state index contributed by atoms with van der Waals surface area (Å²) in [5, 5.41) is 11.3. The van der Waals surface area contributed by atoms with Crippen LogP contribution in [0.4, 0.5) is 5.69 Å². The lowest BCUT2D eigenvalue weighted by Crippen LogP contribution is -2.27. The van der Waals surface area contributed by atoms with Crippen LogP contribution in [0.25, 0.3) is 0 Å². The third kappa shape index (κ3) is 3.56. The van der Waals surface area contributed by atoms with Crippen molar-refractivity contribution in [2.75, 3.05) is 7.05 Å².